The molecule has 0 aliphatic rings. The lowest BCUT2D eigenvalue weighted by atomic mass is 10.2. The minimum Gasteiger partial charge on any atom is -0.341 e. The van der Waals surface area contributed by atoms with Crippen LogP contribution >= 0.6 is 11.6 Å². The van der Waals surface area contributed by atoms with E-state index in [1.807, 2.05) is 48.5 Å². The molecule has 0 unspecified atom stereocenters. The Labute approximate surface area is 154 Å². The van der Waals surface area contributed by atoms with Gasteiger partial charge in [-0.1, -0.05) is 60.1 Å². The number of amides is 2. The van der Waals surface area contributed by atoms with Gasteiger partial charge in [0.25, 0.3) is 0 Å². The summed E-state index contributed by atoms with van der Waals surface area (Å²) >= 11 is 6.16. The molecule has 0 saturated carbocycles. The molecule has 2 aromatic carbocycles. The first-order chi connectivity index (χ1) is 12.0. The van der Waals surface area contributed by atoms with Crippen LogP contribution in [0.4, 0.5) is 0 Å². The third-order valence-electron chi connectivity index (χ3n) is 4.05. The molecule has 0 spiro atoms. The van der Waals surface area contributed by atoms with Crippen LogP contribution < -0.4 is 0 Å². The van der Waals surface area contributed by atoms with Crippen molar-refractivity contribution >= 4 is 23.4 Å². The second-order valence-electron chi connectivity index (χ2n) is 6.02. The first-order valence-electron chi connectivity index (χ1n) is 8.24. The fraction of sp³-hybridized carbons (Fsp3) is 0.300. The van der Waals surface area contributed by atoms with Crippen LogP contribution in [-0.4, -0.2) is 35.2 Å². The lowest BCUT2D eigenvalue weighted by Crippen LogP contribution is -2.34. The van der Waals surface area contributed by atoms with E-state index in [9.17, 15) is 9.59 Å². The van der Waals surface area contributed by atoms with Crippen molar-refractivity contribution in [3.63, 3.8) is 0 Å². The Hall–Kier alpha value is -2.33. The second kappa shape index (κ2) is 9.23. The minimum absolute atomic E-state index is 0.00858. The third kappa shape index (κ3) is 5.91. The van der Waals surface area contributed by atoms with Crippen LogP contribution in [0.5, 0.6) is 0 Å². The molecule has 2 rings (SSSR count). The number of benzene rings is 2. The molecule has 4 nitrogen and oxygen atoms in total. The van der Waals surface area contributed by atoms with E-state index in [4.69, 9.17) is 11.6 Å². The largest absolute Gasteiger partial charge is 0.341 e. The summed E-state index contributed by atoms with van der Waals surface area (Å²) in [5.41, 5.74) is 1.96. The summed E-state index contributed by atoms with van der Waals surface area (Å²) in [7, 11) is 1.78. The normalized spacial score (nSPS) is 10.4. The monoisotopic (exact) mass is 358 g/mol. The molecule has 0 fully saturated rings. The van der Waals surface area contributed by atoms with E-state index in [2.05, 4.69) is 0 Å². The number of hydrogen-bond donors (Lipinski definition) is 0. The van der Waals surface area contributed by atoms with Crippen LogP contribution in [0.25, 0.3) is 0 Å². The molecule has 0 bridgehead atoms. The Morgan fingerprint density at radius 2 is 1.60 bits per heavy atom. The van der Waals surface area contributed by atoms with Gasteiger partial charge in [0.05, 0.1) is 0 Å². The van der Waals surface area contributed by atoms with E-state index in [0.717, 1.165) is 11.1 Å². The molecule has 0 N–H and O–H groups in total. The zero-order valence-corrected chi connectivity index (χ0v) is 15.4. The summed E-state index contributed by atoms with van der Waals surface area (Å²) in [6, 6.07) is 17.3. The molecule has 0 saturated heterocycles. The van der Waals surface area contributed by atoms with Crippen molar-refractivity contribution in [1.82, 2.24) is 9.80 Å². The van der Waals surface area contributed by atoms with Crippen molar-refractivity contribution in [2.45, 2.75) is 26.4 Å². The molecule has 0 aliphatic carbocycles. The van der Waals surface area contributed by atoms with Gasteiger partial charge in [-0.2, -0.15) is 0 Å². The van der Waals surface area contributed by atoms with Crippen LogP contribution in [0.1, 0.15) is 24.5 Å². The molecule has 0 atom stereocenters. The molecule has 5 heteroatoms. The zero-order chi connectivity index (χ0) is 18.2. The maximum absolute atomic E-state index is 12.4. The summed E-state index contributed by atoms with van der Waals surface area (Å²) in [5, 5.41) is 0.626. The lowest BCUT2D eigenvalue weighted by Gasteiger charge is -2.23. The van der Waals surface area contributed by atoms with Gasteiger partial charge in [-0.15, -0.1) is 0 Å². The maximum atomic E-state index is 12.4. The summed E-state index contributed by atoms with van der Waals surface area (Å²) in [5.74, 6) is -0.0623. The standard InChI is InChI=1S/C20H23ClN2O2/c1-16(24)23(15-18-10-6-7-11-19(18)21)13-12-20(25)22(2)14-17-8-4-3-5-9-17/h3-11H,12-15H2,1-2H3. The number of hydrogen-bond acceptors (Lipinski definition) is 2. The fourth-order valence-electron chi connectivity index (χ4n) is 2.55. The van der Waals surface area contributed by atoms with Gasteiger partial charge in [-0.3, -0.25) is 9.59 Å². The molecule has 0 heterocycles. The van der Waals surface area contributed by atoms with Crippen molar-refractivity contribution in [1.29, 1.82) is 0 Å². The highest BCUT2D eigenvalue weighted by Gasteiger charge is 2.15. The van der Waals surface area contributed by atoms with E-state index in [1.165, 1.54) is 6.92 Å². The average Bonchev–Trinajstić information content (AvgIpc) is 2.60. The Morgan fingerprint density at radius 3 is 2.24 bits per heavy atom. The second-order valence-corrected chi connectivity index (χ2v) is 6.42. The molecule has 0 aliphatic heterocycles. The predicted molar refractivity (Wildman–Crippen MR) is 100 cm³/mol. The minimum atomic E-state index is -0.0709. The molecule has 2 amide bonds. The molecular formula is C20H23ClN2O2. The van der Waals surface area contributed by atoms with Gasteiger partial charge in [0.15, 0.2) is 0 Å². The molecule has 25 heavy (non-hydrogen) atoms. The molecular weight excluding hydrogens is 336 g/mol. The first kappa shape index (κ1) is 19.0. The predicted octanol–water partition coefficient (Wildman–Crippen LogP) is 3.74. The van der Waals surface area contributed by atoms with E-state index in [-0.39, 0.29) is 18.2 Å². The van der Waals surface area contributed by atoms with Crippen LogP contribution in [0.15, 0.2) is 54.6 Å². The van der Waals surface area contributed by atoms with Crippen LogP contribution in [-0.2, 0) is 22.7 Å². The first-order valence-corrected chi connectivity index (χ1v) is 8.62. The van der Waals surface area contributed by atoms with Gasteiger partial charge < -0.3 is 9.80 Å². The number of nitrogens with zero attached hydrogens (tertiary/aromatic N) is 2. The summed E-state index contributed by atoms with van der Waals surface area (Å²) in [4.78, 5) is 27.6. The molecule has 2 aromatic rings. The Balaban J connectivity index is 1.91. The lowest BCUT2D eigenvalue weighted by molar-refractivity contribution is -0.133. The van der Waals surface area contributed by atoms with E-state index in [0.29, 0.717) is 24.7 Å². The number of rotatable bonds is 7. The maximum Gasteiger partial charge on any atom is 0.224 e. The van der Waals surface area contributed by atoms with Crippen molar-refractivity contribution < 1.29 is 9.59 Å². The Morgan fingerprint density at radius 1 is 0.960 bits per heavy atom. The Kier molecular flexibility index (Phi) is 7.02. The Bertz CT molecular complexity index is 719. The molecule has 132 valence electrons. The highest BCUT2D eigenvalue weighted by Crippen LogP contribution is 2.17. The van der Waals surface area contributed by atoms with Gasteiger partial charge in [0.2, 0.25) is 11.8 Å². The SMILES string of the molecule is CC(=O)N(CCC(=O)N(C)Cc1ccccc1)Cc1ccccc1Cl. The highest BCUT2D eigenvalue weighted by atomic mass is 35.5. The molecule has 0 aromatic heterocycles. The average molecular weight is 359 g/mol. The quantitative estimate of drug-likeness (QED) is 0.756. The van der Waals surface area contributed by atoms with Crippen molar-refractivity contribution in [2.24, 2.45) is 0 Å². The van der Waals surface area contributed by atoms with Crippen molar-refractivity contribution in [3.05, 3.63) is 70.7 Å². The fourth-order valence-corrected chi connectivity index (χ4v) is 2.74. The van der Waals surface area contributed by atoms with Gasteiger partial charge in [0, 0.05) is 45.0 Å². The van der Waals surface area contributed by atoms with Crippen LogP contribution in [0.3, 0.4) is 0 Å². The molecule has 0 radical (unpaired) electrons. The van der Waals surface area contributed by atoms with Crippen molar-refractivity contribution in [3.8, 4) is 0 Å². The summed E-state index contributed by atoms with van der Waals surface area (Å²) in [6.07, 6.45) is 0.285. The summed E-state index contributed by atoms with van der Waals surface area (Å²) < 4.78 is 0. The van der Waals surface area contributed by atoms with Gasteiger partial charge in [0.1, 0.15) is 0 Å². The van der Waals surface area contributed by atoms with E-state index >= 15 is 0 Å². The van der Waals surface area contributed by atoms with Gasteiger partial charge in [-0.25, -0.2) is 0 Å². The number of carbonyl (C=O) groups is 2. The van der Waals surface area contributed by atoms with Crippen LogP contribution in [0.2, 0.25) is 5.02 Å². The van der Waals surface area contributed by atoms with Crippen LogP contribution in [0, 0.1) is 0 Å². The third-order valence-corrected chi connectivity index (χ3v) is 4.42. The van der Waals surface area contributed by atoms with Gasteiger partial charge in [-0.05, 0) is 17.2 Å². The van der Waals surface area contributed by atoms with E-state index in [1.54, 1.807) is 22.9 Å². The number of carbonyl (C=O) groups excluding carboxylic acids is 2. The topological polar surface area (TPSA) is 40.6 Å². The van der Waals surface area contributed by atoms with Crippen molar-refractivity contribution in [2.75, 3.05) is 13.6 Å². The smallest absolute Gasteiger partial charge is 0.224 e. The zero-order valence-electron chi connectivity index (χ0n) is 14.6. The summed E-state index contributed by atoms with van der Waals surface area (Å²) in [6.45, 7) is 2.85. The van der Waals surface area contributed by atoms with Gasteiger partial charge >= 0.3 is 0 Å². The highest BCUT2D eigenvalue weighted by molar-refractivity contribution is 6.31. The number of halogens is 1. The van der Waals surface area contributed by atoms with E-state index < -0.39 is 0 Å².